The van der Waals surface area contributed by atoms with Gasteiger partial charge in [0.25, 0.3) is 0 Å². The summed E-state index contributed by atoms with van der Waals surface area (Å²) >= 11 is 0. The molecule has 0 fully saturated rings. The van der Waals surface area contributed by atoms with Crippen molar-refractivity contribution in [1.29, 1.82) is 0 Å². The Balaban J connectivity index is 2.32. The first kappa shape index (κ1) is 11.5. The van der Waals surface area contributed by atoms with Gasteiger partial charge in [-0.2, -0.15) is 5.10 Å². The van der Waals surface area contributed by atoms with Crippen LogP contribution in [0.15, 0.2) is 30.6 Å². The van der Waals surface area contributed by atoms with Gasteiger partial charge in [-0.05, 0) is 17.7 Å². The van der Waals surface area contributed by atoms with Crippen molar-refractivity contribution in [2.24, 2.45) is 0 Å². The number of methoxy groups -OCH3 is 1. The van der Waals surface area contributed by atoms with E-state index in [-0.39, 0.29) is 6.61 Å². The summed E-state index contributed by atoms with van der Waals surface area (Å²) in [5, 5.41) is 13.0. The molecule has 5 nitrogen and oxygen atoms in total. The summed E-state index contributed by atoms with van der Waals surface area (Å²) in [6.07, 6.45) is 3.63. The third-order valence-corrected chi connectivity index (χ3v) is 2.53. The molecule has 2 aromatic rings. The van der Waals surface area contributed by atoms with E-state index < -0.39 is 0 Å². The lowest BCUT2D eigenvalue weighted by Gasteiger charge is -2.05. The summed E-state index contributed by atoms with van der Waals surface area (Å²) < 4.78 is 6.86. The number of aromatic nitrogens is 2. The van der Waals surface area contributed by atoms with Gasteiger partial charge in [0.1, 0.15) is 5.75 Å². The first-order valence-electron chi connectivity index (χ1n) is 5.32. The predicted octanol–water partition coefficient (Wildman–Crippen LogP) is 1.13. The molecule has 0 aliphatic heterocycles. The highest BCUT2D eigenvalue weighted by Gasteiger charge is 2.05. The van der Waals surface area contributed by atoms with E-state index in [1.54, 1.807) is 24.1 Å². The summed E-state index contributed by atoms with van der Waals surface area (Å²) in [4.78, 5) is 0. The third-order valence-electron chi connectivity index (χ3n) is 2.53. The molecule has 0 aliphatic rings. The fourth-order valence-electron chi connectivity index (χ4n) is 1.63. The van der Waals surface area contributed by atoms with Gasteiger partial charge in [-0.3, -0.25) is 4.68 Å². The Hall–Kier alpha value is -2.01. The molecule has 5 heteroatoms. The lowest BCUT2D eigenvalue weighted by molar-refractivity contribution is 0.269. The number of nitrogens with two attached hydrogens (primary N) is 1. The molecule has 0 bridgehead atoms. The van der Waals surface area contributed by atoms with Gasteiger partial charge in [0, 0.05) is 11.8 Å². The summed E-state index contributed by atoms with van der Waals surface area (Å²) in [6.45, 7) is 0.568. The Labute approximate surface area is 99.4 Å². The highest BCUT2D eigenvalue weighted by Crippen LogP contribution is 2.28. The molecule has 0 atom stereocenters. The lowest BCUT2D eigenvalue weighted by Crippen LogP contribution is -2.01. The van der Waals surface area contributed by atoms with Gasteiger partial charge in [-0.15, -0.1) is 0 Å². The quantitative estimate of drug-likeness (QED) is 0.776. The molecule has 0 spiro atoms. The Bertz CT molecular complexity index is 508. The molecule has 90 valence electrons. The molecule has 2 rings (SSSR count). The van der Waals surface area contributed by atoms with Crippen LogP contribution in [0, 0.1) is 0 Å². The van der Waals surface area contributed by atoms with Gasteiger partial charge in [0.05, 0.1) is 32.1 Å². The van der Waals surface area contributed by atoms with Crippen LogP contribution in [-0.4, -0.2) is 28.6 Å². The second-order valence-corrected chi connectivity index (χ2v) is 3.67. The van der Waals surface area contributed by atoms with Gasteiger partial charge in [0.2, 0.25) is 0 Å². The van der Waals surface area contributed by atoms with Crippen molar-refractivity contribution in [2.45, 2.75) is 6.54 Å². The molecule has 0 radical (unpaired) electrons. The molecule has 17 heavy (non-hydrogen) atoms. The Kier molecular flexibility index (Phi) is 3.30. The van der Waals surface area contributed by atoms with Crippen molar-refractivity contribution in [1.82, 2.24) is 9.78 Å². The van der Waals surface area contributed by atoms with Crippen LogP contribution in [0.2, 0.25) is 0 Å². The third kappa shape index (κ3) is 2.39. The van der Waals surface area contributed by atoms with Gasteiger partial charge in [0.15, 0.2) is 0 Å². The predicted molar refractivity (Wildman–Crippen MR) is 65.7 cm³/mol. The topological polar surface area (TPSA) is 73.3 Å². The van der Waals surface area contributed by atoms with Gasteiger partial charge < -0.3 is 15.6 Å². The van der Waals surface area contributed by atoms with Crippen molar-refractivity contribution < 1.29 is 9.84 Å². The van der Waals surface area contributed by atoms with Crippen LogP contribution >= 0.6 is 0 Å². The van der Waals surface area contributed by atoms with E-state index in [2.05, 4.69) is 5.10 Å². The molecule has 0 saturated carbocycles. The van der Waals surface area contributed by atoms with Crippen molar-refractivity contribution in [3.05, 3.63) is 30.6 Å². The highest BCUT2D eigenvalue weighted by molar-refractivity contribution is 5.68. The summed E-state index contributed by atoms with van der Waals surface area (Å²) in [6, 6.07) is 5.59. The molecular formula is C12H15N3O2. The minimum Gasteiger partial charge on any atom is -0.495 e. The Morgan fingerprint density at radius 1 is 1.41 bits per heavy atom. The number of nitrogens with zero attached hydrogens (tertiary/aromatic N) is 2. The molecule has 1 heterocycles. The SMILES string of the molecule is COc1cc(-c2cnn(CCO)c2)ccc1N. The van der Waals surface area contributed by atoms with E-state index in [1.165, 1.54) is 0 Å². The molecule has 3 N–H and O–H groups in total. The maximum atomic E-state index is 8.82. The molecule has 0 unspecified atom stereocenters. The normalized spacial score (nSPS) is 10.5. The number of benzene rings is 1. The number of hydrogen-bond acceptors (Lipinski definition) is 4. The van der Waals surface area contributed by atoms with Crippen molar-refractivity contribution in [3.8, 4) is 16.9 Å². The standard InChI is InChI=1S/C12H15N3O2/c1-17-12-6-9(2-3-11(12)13)10-7-14-15(8-10)4-5-16/h2-3,6-8,16H,4-5,13H2,1H3. The highest BCUT2D eigenvalue weighted by atomic mass is 16.5. The molecule has 1 aromatic carbocycles. The number of rotatable bonds is 4. The fraction of sp³-hybridized carbons (Fsp3) is 0.250. The van der Waals surface area contributed by atoms with Crippen LogP contribution < -0.4 is 10.5 Å². The number of aliphatic hydroxyl groups excluding tert-OH is 1. The van der Waals surface area contributed by atoms with E-state index in [1.807, 2.05) is 18.3 Å². The van der Waals surface area contributed by atoms with E-state index in [9.17, 15) is 0 Å². The maximum absolute atomic E-state index is 8.82. The lowest BCUT2D eigenvalue weighted by atomic mass is 10.1. The number of hydrogen-bond donors (Lipinski definition) is 2. The minimum absolute atomic E-state index is 0.0756. The summed E-state index contributed by atoms with van der Waals surface area (Å²) in [5.74, 6) is 0.650. The average molecular weight is 233 g/mol. The summed E-state index contributed by atoms with van der Waals surface area (Å²) in [7, 11) is 1.59. The number of anilines is 1. The zero-order chi connectivity index (χ0) is 12.3. The van der Waals surface area contributed by atoms with Crippen molar-refractivity contribution in [2.75, 3.05) is 19.5 Å². The van der Waals surface area contributed by atoms with Crippen LogP contribution in [0.25, 0.3) is 11.1 Å². The second kappa shape index (κ2) is 4.88. The fourth-order valence-corrected chi connectivity index (χ4v) is 1.63. The smallest absolute Gasteiger partial charge is 0.142 e. The first-order chi connectivity index (χ1) is 8.24. The summed E-state index contributed by atoms with van der Waals surface area (Å²) in [5.41, 5.74) is 8.32. The van der Waals surface area contributed by atoms with Crippen LogP contribution in [-0.2, 0) is 6.54 Å². The molecule has 0 aliphatic carbocycles. The zero-order valence-corrected chi connectivity index (χ0v) is 9.63. The van der Waals surface area contributed by atoms with Gasteiger partial charge >= 0.3 is 0 Å². The van der Waals surface area contributed by atoms with Crippen LogP contribution in [0.1, 0.15) is 0 Å². The van der Waals surface area contributed by atoms with Crippen LogP contribution in [0.3, 0.4) is 0 Å². The number of ether oxygens (including phenoxy) is 1. The Morgan fingerprint density at radius 2 is 2.24 bits per heavy atom. The molecule has 0 amide bonds. The zero-order valence-electron chi connectivity index (χ0n) is 9.63. The largest absolute Gasteiger partial charge is 0.495 e. The second-order valence-electron chi connectivity index (χ2n) is 3.67. The average Bonchev–Trinajstić information content (AvgIpc) is 2.79. The number of nitrogen functional groups attached to an aromatic ring is 1. The minimum atomic E-state index is 0.0756. The van der Waals surface area contributed by atoms with Gasteiger partial charge in [-0.25, -0.2) is 0 Å². The monoisotopic (exact) mass is 233 g/mol. The van der Waals surface area contributed by atoms with Crippen molar-refractivity contribution in [3.63, 3.8) is 0 Å². The first-order valence-corrected chi connectivity index (χ1v) is 5.32. The molecule has 0 saturated heterocycles. The Morgan fingerprint density at radius 3 is 2.94 bits per heavy atom. The van der Waals surface area contributed by atoms with E-state index in [0.717, 1.165) is 11.1 Å². The van der Waals surface area contributed by atoms with Crippen LogP contribution in [0.5, 0.6) is 5.75 Å². The van der Waals surface area contributed by atoms with Crippen LogP contribution in [0.4, 0.5) is 5.69 Å². The number of aliphatic hydroxyl groups is 1. The van der Waals surface area contributed by atoms with Gasteiger partial charge in [-0.1, -0.05) is 6.07 Å². The molecule has 1 aromatic heterocycles. The van der Waals surface area contributed by atoms with E-state index >= 15 is 0 Å². The molecular weight excluding hydrogens is 218 g/mol. The van der Waals surface area contributed by atoms with E-state index in [4.69, 9.17) is 15.6 Å². The van der Waals surface area contributed by atoms with Crippen molar-refractivity contribution >= 4 is 5.69 Å². The van der Waals surface area contributed by atoms with E-state index in [0.29, 0.717) is 18.0 Å². The maximum Gasteiger partial charge on any atom is 0.142 e.